The largest absolute Gasteiger partial charge is 0.480 e. The minimum atomic E-state index is -1.28. The van der Waals surface area contributed by atoms with Crippen molar-refractivity contribution in [3.8, 4) is 0 Å². The lowest BCUT2D eigenvalue weighted by Gasteiger charge is -2.07. The second-order valence-electron chi connectivity index (χ2n) is 5.45. The van der Waals surface area contributed by atoms with Gasteiger partial charge in [0.15, 0.2) is 34.1 Å². The third kappa shape index (κ3) is 18.7. The van der Waals surface area contributed by atoms with Crippen LogP contribution in [0.3, 0.4) is 0 Å². The summed E-state index contributed by atoms with van der Waals surface area (Å²) in [5.41, 5.74) is 23.5. The lowest BCUT2D eigenvalue weighted by atomic mass is 10.2. The van der Waals surface area contributed by atoms with E-state index in [0.29, 0.717) is 12.8 Å². The van der Waals surface area contributed by atoms with Crippen molar-refractivity contribution in [3.05, 3.63) is 20.2 Å². The van der Waals surface area contributed by atoms with E-state index in [1.54, 1.807) is 10.9 Å². The standard InChI is InChI=1S/2C6H13N5O4/c2*7-6(8)9-3-1-2-4(5(12)13)10-11(14)15/h2*4,10H,1-3H2,(H,12,13)(H4,7,8,9)/t2*4-/m00/s1. The van der Waals surface area contributed by atoms with E-state index in [1.807, 2.05) is 0 Å². The average molecular weight is 438 g/mol. The minimum Gasteiger partial charge on any atom is -0.480 e. The molecule has 12 N–H and O–H groups in total. The Kier molecular flexibility index (Phi) is 14.9. The molecule has 0 fully saturated rings. The Morgan fingerprint density at radius 2 is 1.10 bits per heavy atom. The molecule has 0 saturated heterocycles. The van der Waals surface area contributed by atoms with Gasteiger partial charge in [-0.15, -0.1) is 10.9 Å². The predicted molar refractivity (Wildman–Crippen MR) is 103 cm³/mol. The molecule has 0 saturated carbocycles. The summed E-state index contributed by atoms with van der Waals surface area (Å²) in [6, 6.07) is -2.46. The zero-order valence-electron chi connectivity index (χ0n) is 15.8. The van der Waals surface area contributed by atoms with Crippen molar-refractivity contribution in [1.82, 2.24) is 10.9 Å². The number of hydrogen-bond donors (Lipinski definition) is 8. The number of guanidine groups is 2. The highest BCUT2D eigenvalue weighted by molar-refractivity contribution is 5.76. The Bertz CT molecular complexity index is 578. The van der Waals surface area contributed by atoms with Crippen LogP contribution in [0.5, 0.6) is 0 Å². The van der Waals surface area contributed by atoms with Crippen molar-refractivity contribution in [2.45, 2.75) is 37.8 Å². The van der Waals surface area contributed by atoms with Crippen LogP contribution in [-0.4, -0.2) is 69.3 Å². The van der Waals surface area contributed by atoms with Crippen molar-refractivity contribution < 1.29 is 29.9 Å². The zero-order chi connectivity index (χ0) is 23.7. The van der Waals surface area contributed by atoms with Gasteiger partial charge in [0.25, 0.3) is 0 Å². The molecule has 0 rings (SSSR count). The quantitative estimate of drug-likeness (QED) is 0.0429. The monoisotopic (exact) mass is 438 g/mol. The molecule has 0 aliphatic rings. The van der Waals surface area contributed by atoms with Crippen molar-refractivity contribution >= 4 is 23.9 Å². The van der Waals surface area contributed by atoms with Crippen LogP contribution in [0.2, 0.25) is 0 Å². The number of nitrogens with one attached hydrogen (secondary N) is 2. The van der Waals surface area contributed by atoms with E-state index < -0.39 is 34.1 Å². The predicted octanol–water partition coefficient (Wildman–Crippen LogP) is -3.45. The maximum Gasteiger partial charge on any atom is 0.332 e. The van der Waals surface area contributed by atoms with Crippen LogP contribution in [0, 0.1) is 20.2 Å². The van der Waals surface area contributed by atoms with Gasteiger partial charge < -0.3 is 33.1 Å². The molecule has 0 aromatic heterocycles. The first-order valence-electron chi connectivity index (χ1n) is 8.24. The van der Waals surface area contributed by atoms with Crippen molar-refractivity contribution in [1.29, 1.82) is 0 Å². The third-order valence-corrected chi connectivity index (χ3v) is 3.01. The first kappa shape index (κ1) is 28.1. The summed E-state index contributed by atoms with van der Waals surface area (Å²) in [6.45, 7) is 0.483. The molecule has 0 bridgehead atoms. The highest BCUT2D eigenvalue weighted by Crippen LogP contribution is 1.99. The molecule has 0 amide bonds. The first-order chi connectivity index (χ1) is 13.9. The zero-order valence-corrected chi connectivity index (χ0v) is 15.8. The number of hydrogen-bond acceptors (Lipinski definition) is 8. The molecule has 0 aliphatic carbocycles. The van der Waals surface area contributed by atoms with E-state index in [2.05, 4.69) is 9.98 Å². The lowest BCUT2D eigenvalue weighted by molar-refractivity contribution is -0.549. The summed E-state index contributed by atoms with van der Waals surface area (Å²) >= 11 is 0. The maximum absolute atomic E-state index is 10.5. The molecule has 18 heteroatoms. The molecular formula is C12H26N10O8. The van der Waals surface area contributed by atoms with Crippen LogP contribution < -0.4 is 33.8 Å². The van der Waals surface area contributed by atoms with Gasteiger partial charge in [-0.25, -0.2) is 29.8 Å². The van der Waals surface area contributed by atoms with Gasteiger partial charge in [-0.3, -0.25) is 9.98 Å². The summed E-state index contributed by atoms with van der Waals surface area (Å²) < 4.78 is 0. The number of carboxylic acid groups (broad SMARTS) is 2. The summed E-state index contributed by atoms with van der Waals surface area (Å²) in [4.78, 5) is 48.3. The van der Waals surface area contributed by atoms with E-state index in [0.717, 1.165) is 0 Å². The highest BCUT2D eigenvalue weighted by Gasteiger charge is 2.21. The second-order valence-corrected chi connectivity index (χ2v) is 5.45. The number of nitrogens with two attached hydrogens (primary N) is 4. The number of carbonyl (C=O) groups is 2. The van der Waals surface area contributed by atoms with Crippen LogP contribution in [0.1, 0.15) is 25.7 Å². The molecular weight excluding hydrogens is 412 g/mol. The summed E-state index contributed by atoms with van der Waals surface area (Å²) in [5.74, 6) is -2.75. The number of rotatable bonds is 14. The Hall–Kier alpha value is -4.12. The maximum atomic E-state index is 10.5. The minimum absolute atomic E-state index is 0.0765. The number of hydrazine groups is 2. The number of aliphatic imine (C=N–C) groups is 2. The molecule has 0 aliphatic heterocycles. The Balaban J connectivity index is 0. The molecule has 0 radical (unpaired) electrons. The molecule has 0 spiro atoms. The van der Waals surface area contributed by atoms with Gasteiger partial charge >= 0.3 is 11.9 Å². The average Bonchev–Trinajstić information content (AvgIpc) is 2.59. The Morgan fingerprint density at radius 3 is 1.30 bits per heavy atom. The number of nitrogens with zero attached hydrogens (tertiary/aromatic N) is 4. The summed E-state index contributed by atoms with van der Waals surface area (Å²) in [7, 11) is 0. The van der Waals surface area contributed by atoms with Gasteiger partial charge in [0, 0.05) is 13.1 Å². The van der Waals surface area contributed by atoms with Crippen molar-refractivity contribution in [2.24, 2.45) is 32.9 Å². The lowest BCUT2D eigenvalue weighted by Crippen LogP contribution is -2.40. The van der Waals surface area contributed by atoms with Gasteiger partial charge in [-0.2, -0.15) is 0 Å². The van der Waals surface area contributed by atoms with E-state index in [-0.39, 0.29) is 37.9 Å². The number of carboxylic acids is 2. The topological polar surface area (TPSA) is 314 Å². The fourth-order valence-corrected chi connectivity index (χ4v) is 1.75. The van der Waals surface area contributed by atoms with E-state index in [9.17, 15) is 29.8 Å². The molecule has 0 aromatic rings. The summed E-state index contributed by atoms with van der Waals surface area (Å²) in [5, 5.41) is 35.4. The Morgan fingerprint density at radius 1 is 0.800 bits per heavy atom. The van der Waals surface area contributed by atoms with Crippen molar-refractivity contribution in [2.75, 3.05) is 13.1 Å². The highest BCUT2D eigenvalue weighted by atomic mass is 16.7. The second kappa shape index (κ2) is 15.9. The van der Waals surface area contributed by atoms with Gasteiger partial charge in [-0.05, 0) is 25.7 Å². The van der Waals surface area contributed by atoms with Gasteiger partial charge in [-0.1, -0.05) is 0 Å². The number of aliphatic carboxylic acids is 2. The van der Waals surface area contributed by atoms with Gasteiger partial charge in [0.1, 0.15) is 0 Å². The molecule has 0 aromatic carbocycles. The van der Waals surface area contributed by atoms with Gasteiger partial charge in [0.2, 0.25) is 0 Å². The SMILES string of the molecule is NC(N)=NCCC[C@H](N[N+](=O)[O-])C(=O)O.NC(N)=NCCC[C@H](N[N+](=O)[O-])C(=O)O. The van der Waals surface area contributed by atoms with Crippen LogP contribution >= 0.6 is 0 Å². The van der Waals surface area contributed by atoms with E-state index in [1.165, 1.54) is 0 Å². The van der Waals surface area contributed by atoms with E-state index >= 15 is 0 Å². The van der Waals surface area contributed by atoms with Crippen LogP contribution in [0.15, 0.2) is 9.98 Å². The fraction of sp³-hybridized carbons (Fsp3) is 0.667. The van der Waals surface area contributed by atoms with Gasteiger partial charge in [0.05, 0.1) is 0 Å². The molecule has 18 nitrogen and oxygen atoms in total. The van der Waals surface area contributed by atoms with Crippen molar-refractivity contribution in [3.63, 3.8) is 0 Å². The van der Waals surface area contributed by atoms with Crippen LogP contribution in [-0.2, 0) is 9.59 Å². The fourth-order valence-electron chi connectivity index (χ4n) is 1.75. The molecule has 2 atom stereocenters. The number of nitro groups is 2. The smallest absolute Gasteiger partial charge is 0.332 e. The third-order valence-electron chi connectivity index (χ3n) is 3.01. The van der Waals surface area contributed by atoms with Crippen LogP contribution in [0.25, 0.3) is 0 Å². The summed E-state index contributed by atoms with van der Waals surface area (Å²) in [6.07, 6.45) is 0.839. The van der Waals surface area contributed by atoms with Crippen LogP contribution in [0.4, 0.5) is 0 Å². The molecule has 30 heavy (non-hydrogen) atoms. The first-order valence-corrected chi connectivity index (χ1v) is 8.24. The molecule has 0 heterocycles. The van der Waals surface area contributed by atoms with E-state index in [4.69, 9.17) is 33.1 Å². The Labute approximate surface area is 169 Å². The molecule has 172 valence electrons. The normalized spacial score (nSPS) is 11.5. The molecule has 0 unspecified atom stereocenters.